The average Bonchev–Trinajstić information content (AvgIpc) is 2.11. The molecule has 2 N–H and O–H groups in total. The number of hydrogen-bond acceptors (Lipinski definition) is 3. The minimum atomic E-state index is -4.28. The summed E-state index contributed by atoms with van der Waals surface area (Å²) < 4.78 is 39.5. The van der Waals surface area contributed by atoms with Crippen molar-refractivity contribution in [2.45, 2.75) is 38.9 Å². The van der Waals surface area contributed by atoms with Crippen LogP contribution in [-0.2, 0) is 9.53 Å². The lowest BCUT2D eigenvalue weighted by atomic mass is 10.1. The third kappa shape index (κ3) is 13.2. The van der Waals surface area contributed by atoms with Crippen LogP contribution in [0, 0.1) is 0 Å². The summed E-state index contributed by atoms with van der Waals surface area (Å²) in [6.07, 6.45) is -3.85. The first-order valence-electron chi connectivity index (χ1n) is 5.76. The van der Waals surface area contributed by atoms with Crippen molar-refractivity contribution in [2.24, 2.45) is 0 Å². The minimum Gasteiger partial charge on any atom is -0.372 e. The van der Waals surface area contributed by atoms with Crippen molar-refractivity contribution in [3.05, 3.63) is 0 Å². The maximum Gasteiger partial charge on any atom is 0.411 e. The molecule has 108 valence electrons. The van der Waals surface area contributed by atoms with Crippen molar-refractivity contribution in [2.75, 3.05) is 26.3 Å². The number of nitrogens with one attached hydrogen (secondary N) is 2. The smallest absolute Gasteiger partial charge is 0.372 e. The Bertz CT molecular complexity index is 250. The van der Waals surface area contributed by atoms with Crippen molar-refractivity contribution in [1.82, 2.24) is 10.6 Å². The lowest BCUT2D eigenvalue weighted by Gasteiger charge is -2.20. The van der Waals surface area contributed by atoms with Crippen LogP contribution in [0.4, 0.5) is 13.2 Å². The Kier molecular flexibility index (Phi) is 7.23. The lowest BCUT2D eigenvalue weighted by molar-refractivity contribution is -0.173. The highest BCUT2D eigenvalue weighted by atomic mass is 19.4. The quantitative estimate of drug-likeness (QED) is 0.689. The molecule has 7 heteroatoms. The molecule has 0 fully saturated rings. The van der Waals surface area contributed by atoms with E-state index in [-0.39, 0.29) is 24.6 Å². The van der Waals surface area contributed by atoms with Crippen molar-refractivity contribution < 1.29 is 22.7 Å². The molecule has 0 atom stereocenters. The minimum absolute atomic E-state index is 0.0212. The summed E-state index contributed by atoms with van der Waals surface area (Å²) in [5, 5.41) is 5.59. The SMILES string of the molecule is CC(C)(C)NC(=O)CNCCCOCC(F)(F)F. The Labute approximate surface area is 105 Å². The molecule has 0 aromatic heterocycles. The molecule has 0 heterocycles. The molecule has 0 aromatic carbocycles. The van der Waals surface area contributed by atoms with Crippen molar-refractivity contribution in [3.63, 3.8) is 0 Å². The van der Waals surface area contributed by atoms with E-state index < -0.39 is 12.8 Å². The zero-order valence-electron chi connectivity index (χ0n) is 11.0. The number of halogens is 3. The first kappa shape index (κ1) is 17.2. The number of carbonyl (C=O) groups is 1. The third-order valence-electron chi connectivity index (χ3n) is 1.71. The number of hydrogen-bond donors (Lipinski definition) is 2. The van der Waals surface area contributed by atoms with E-state index in [1.165, 1.54) is 0 Å². The van der Waals surface area contributed by atoms with Gasteiger partial charge in [0.25, 0.3) is 0 Å². The Morgan fingerprint density at radius 2 is 1.83 bits per heavy atom. The van der Waals surface area contributed by atoms with E-state index in [2.05, 4.69) is 15.4 Å². The highest BCUT2D eigenvalue weighted by Crippen LogP contribution is 2.14. The largest absolute Gasteiger partial charge is 0.411 e. The topological polar surface area (TPSA) is 50.4 Å². The highest BCUT2D eigenvalue weighted by molar-refractivity contribution is 5.78. The van der Waals surface area contributed by atoms with Gasteiger partial charge in [-0.2, -0.15) is 13.2 Å². The molecule has 0 aliphatic heterocycles. The van der Waals surface area contributed by atoms with E-state index in [4.69, 9.17) is 0 Å². The van der Waals surface area contributed by atoms with Crippen LogP contribution in [0.25, 0.3) is 0 Å². The summed E-state index contributed by atoms with van der Waals surface area (Å²) in [6, 6.07) is 0. The third-order valence-corrected chi connectivity index (χ3v) is 1.71. The number of rotatable bonds is 7. The molecular weight excluding hydrogens is 249 g/mol. The molecule has 0 saturated heterocycles. The molecule has 0 bridgehead atoms. The van der Waals surface area contributed by atoms with E-state index in [9.17, 15) is 18.0 Å². The van der Waals surface area contributed by atoms with Gasteiger partial charge in [0.1, 0.15) is 6.61 Å². The molecule has 4 nitrogen and oxygen atoms in total. The first-order valence-corrected chi connectivity index (χ1v) is 5.76. The average molecular weight is 270 g/mol. The van der Waals surface area contributed by atoms with Gasteiger partial charge in [-0.25, -0.2) is 0 Å². The fraction of sp³-hybridized carbons (Fsp3) is 0.909. The summed E-state index contributed by atoms with van der Waals surface area (Å²) in [4.78, 5) is 11.3. The summed E-state index contributed by atoms with van der Waals surface area (Å²) in [6.45, 7) is 5.00. The summed E-state index contributed by atoms with van der Waals surface area (Å²) in [5.41, 5.74) is -0.283. The zero-order valence-corrected chi connectivity index (χ0v) is 11.0. The van der Waals surface area contributed by atoms with E-state index in [1.807, 2.05) is 20.8 Å². The van der Waals surface area contributed by atoms with Crippen molar-refractivity contribution in [1.29, 1.82) is 0 Å². The second-order valence-corrected chi connectivity index (χ2v) is 5.00. The molecule has 0 spiro atoms. The zero-order chi connectivity index (χ0) is 14.2. The van der Waals surface area contributed by atoms with Crippen LogP contribution in [0.1, 0.15) is 27.2 Å². The first-order chi connectivity index (χ1) is 8.10. The highest BCUT2D eigenvalue weighted by Gasteiger charge is 2.27. The van der Waals surface area contributed by atoms with Gasteiger partial charge in [0.15, 0.2) is 0 Å². The molecular formula is C11H21F3N2O2. The molecule has 1 amide bonds. The van der Waals surface area contributed by atoms with Gasteiger partial charge in [-0.3, -0.25) is 4.79 Å². The Morgan fingerprint density at radius 1 is 1.22 bits per heavy atom. The van der Waals surface area contributed by atoms with Crippen LogP contribution >= 0.6 is 0 Å². The maximum absolute atomic E-state index is 11.7. The molecule has 0 saturated carbocycles. The predicted octanol–water partition coefficient (Wildman–Crippen LogP) is 1.46. The monoisotopic (exact) mass is 270 g/mol. The van der Waals surface area contributed by atoms with Gasteiger partial charge in [0, 0.05) is 12.1 Å². The maximum atomic E-state index is 11.7. The summed E-state index contributed by atoms with van der Waals surface area (Å²) >= 11 is 0. The standard InChI is InChI=1S/C11H21F3N2O2/c1-10(2,3)16-9(17)7-15-5-4-6-18-8-11(12,13)14/h15H,4-8H2,1-3H3,(H,16,17). The lowest BCUT2D eigenvalue weighted by Crippen LogP contribution is -2.45. The fourth-order valence-corrected chi connectivity index (χ4v) is 1.15. The summed E-state index contributed by atoms with van der Waals surface area (Å²) in [7, 11) is 0. The van der Waals surface area contributed by atoms with Gasteiger partial charge in [-0.1, -0.05) is 0 Å². The van der Waals surface area contributed by atoms with Crippen LogP contribution in [0.2, 0.25) is 0 Å². The molecule has 18 heavy (non-hydrogen) atoms. The van der Waals surface area contributed by atoms with Crippen LogP contribution in [0.15, 0.2) is 0 Å². The van der Waals surface area contributed by atoms with E-state index >= 15 is 0 Å². The van der Waals surface area contributed by atoms with E-state index in [0.717, 1.165) is 0 Å². The van der Waals surface area contributed by atoms with Crippen molar-refractivity contribution in [3.8, 4) is 0 Å². The Hall–Kier alpha value is -0.820. The van der Waals surface area contributed by atoms with Crippen LogP contribution in [0.5, 0.6) is 0 Å². The van der Waals surface area contributed by atoms with E-state index in [0.29, 0.717) is 13.0 Å². The van der Waals surface area contributed by atoms with Gasteiger partial charge >= 0.3 is 6.18 Å². The molecule has 0 aliphatic rings. The normalized spacial score (nSPS) is 12.6. The van der Waals surface area contributed by atoms with Gasteiger partial charge in [-0.05, 0) is 33.7 Å². The van der Waals surface area contributed by atoms with Crippen molar-refractivity contribution >= 4 is 5.91 Å². The predicted molar refractivity (Wildman–Crippen MR) is 62.3 cm³/mol. The van der Waals surface area contributed by atoms with Crippen LogP contribution < -0.4 is 10.6 Å². The van der Waals surface area contributed by atoms with Gasteiger partial charge < -0.3 is 15.4 Å². The number of ether oxygens (including phenoxy) is 1. The van der Waals surface area contributed by atoms with Crippen LogP contribution in [0.3, 0.4) is 0 Å². The van der Waals surface area contributed by atoms with E-state index in [1.54, 1.807) is 0 Å². The number of carbonyl (C=O) groups excluding carboxylic acids is 1. The molecule has 0 aliphatic carbocycles. The fourth-order valence-electron chi connectivity index (χ4n) is 1.15. The number of alkyl halides is 3. The second kappa shape index (κ2) is 7.58. The molecule has 0 rings (SSSR count). The number of amides is 1. The van der Waals surface area contributed by atoms with Gasteiger partial charge in [-0.15, -0.1) is 0 Å². The molecule has 0 unspecified atom stereocenters. The van der Waals surface area contributed by atoms with Gasteiger partial charge in [0.05, 0.1) is 6.54 Å². The summed E-state index contributed by atoms with van der Waals surface area (Å²) in [5.74, 6) is -0.140. The molecule has 0 aromatic rings. The van der Waals surface area contributed by atoms with Crippen LogP contribution in [-0.4, -0.2) is 43.9 Å². The van der Waals surface area contributed by atoms with Gasteiger partial charge in [0.2, 0.25) is 5.91 Å². The second-order valence-electron chi connectivity index (χ2n) is 5.00. The Balaban J connectivity index is 3.39. The molecule has 0 radical (unpaired) electrons. The Morgan fingerprint density at radius 3 is 2.33 bits per heavy atom.